The molecule has 0 saturated carbocycles. The van der Waals surface area contributed by atoms with Gasteiger partial charge in [0.15, 0.2) is 0 Å². The summed E-state index contributed by atoms with van der Waals surface area (Å²) in [5, 5.41) is 6.17. The number of benzene rings is 3. The molecule has 0 aromatic heterocycles. The van der Waals surface area contributed by atoms with E-state index in [1.807, 2.05) is 68.4 Å². The van der Waals surface area contributed by atoms with Gasteiger partial charge in [-0.1, -0.05) is 48.0 Å². The molecule has 0 unspecified atom stereocenters. The van der Waals surface area contributed by atoms with Gasteiger partial charge in [0.25, 0.3) is 0 Å². The van der Waals surface area contributed by atoms with E-state index in [4.69, 9.17) is 9.47 Å². The van der Waals surface area contributed by atoms with Crippen molar-refractivity contribution in [2.75, 3.05) is 30.4 Å². The topological polar surface area (TPSA) is 59.6 Å². The van der Waals surface area contributed by atoms with E-state index in [0.29, 0.717) is 24.7 Å². The number of hydrogen-bond donors (Lipinski definition) is 2. The van der Waals surface area contributed by atoms with Gasteiger partial charge in [-0.2, -0.15) is 0 Å². The van der Waals surface area contributed by atoms with Crippen LogP contribution >= 0.6 is 0 Å². The molecule has 0 bridgehead atoms. The van der Waals surface area contributed by atoms with Gasteiger partial charge < -0.3 is 20.1 Å². The molecule has 0 heterocycles. The monoisotopic (exact) mass is 404 g/mol. The second-order valence-electron chi connectivity index (χ2n) is 7.18. The summed E-state index contributed by atoms with van der Waals surface area (Å²) in [5.74, 6) is 1.28. The van der Waals surface area contributed by atoms with Crippen LogP contribution in [0.2, 0.25) is 0 Å². The molecule has 5 heteroatoms. The fourth-order valence-electron chi connectivity index (χ4n) is 3.35. The van der Waals surface area contributed by atoms with Crippen molar-refractivity contribution in [1.82, 2.24) is 0 Å². The third-order valence-electron chi connectivity index (χ3n) is 4.62. The second-order valence-corrected chi connectivity index (χ2v) is 7.18. The Kier molecular flexibility index (Phi) is 7.33. The second kappa shape index (κ2) is 10.3. The molecule has 0 fully saturated rings. The van der Waals surface area contributed by atoms with Crippen LogP contribution in [0.3, 0.4) is 0 Å². The Morgan fingerprint density at radius 1 is 0.833 bits per heavy atom. The highest BCUT2D eigenvalue weighted by atomic mass is 16.5. The number of aryl methyl sites for hydroxylation is 3. The van der Waals surface area contributed by atoms with Crippen molar-refractivity contribution >= 4 is 17.3 Å². The van der Waals surface area contributed by atoms with E-state index in [0.717, 1.165) is 22.6 Å². The van der Waals surface area contributed by atoms with E-state index in [1.165, 1.54) is 5.56 Å². The molecular formula is C25H28N2O3. The van der Waals surface area contributed by atoms with Crippen molar-refractivity contribution in [3.63, 3.8) is 0 Å². The maximum atomic E-state index is 12.5. The summed E-state index contributed by atoms with van der Waals surface area (Å²) in [7, 11) is 0. The number of nitrogens with one attached hydrogen (secondary N) is 2. The number of carbonyl (C=O) groups excluding carboxylic acids is 1. The predicted molar refractivity (Wildman–Crippen MR) is 122 cm³/mol. The highest BCUT2D eigenvalue weighted by Gasteiger charge is 2.10. The van der Waals surface area contributed by atoms with Crippen LogP contribution in [-0.4, -0.2) is 25.7 Å². The molecule has 2 N–H and O–H groups in total. The number of amides is 1. The maximum Gasteiger partial charge on any atom is 0.243 e. The minimum Gasteiger partial charge on any atom is -0.490 e. The van der Waals surface area contributed by atoms with E-state index in [1.54, 1.807) is 0 Å². The van der Waals surface area contributed by atoms with Crippen molar-refractivity contribution in [1.29, 1.82) is 0 Å². The Labute approximate surface area is 178 Å². The van der Waals surface area contributed by atoms with Gasteiger partial charge in [0.05, 0.1) is 12.2 Å². The zero-order chi connectivity index (χ0) is 21.3. The van der Waals surface area contributed by atoms with Crippen LogP contribution in [0.25, 0.3) is 0 Å². The first kappa shape index (κ1) is 21.2. The molecular weight excluding hydrogens is 376 g/mol. The average Bonchev–Trinajstić information content (AvgIpc) is 2.72. The zero-order valence-electron chi connectivity index (χ0n) is 17.7. The summed E-state index contributed by atoms with van der Waals surface area (Å²) < 4.78 is 11.5. The molecule has 3 aromatic carbocycles. The van der Waals surface area contributed by atoms with Crippen LogP contribution in [0.4, 0.5) is 11.4 Å². The number of hydrogen-bond acceptors (Lipinski definition) is 4. The summed E-state index contributed by atoms with van der Waals surface area (Å²) in [6, 6.07) is 21.2. The number of para-hydroxylation sites is 3. The standard InChI is InChI=1S/C25H28N2O3/c1-18-15-19(2)25(20(3)16-18)26-17-24(28)27-22-11-7-8-12-23(22)30-14-13-29-21-9-5-4-6-10-21/h4-12,15-16,26H,13-14,17H2,1-3H3,(H,27,28). The largest absolute Gasteiger partial charge is 0.490 e. The molecule has 3 rings (SSSR count). The molecule has 0 spiro atoms. The van der Waals surface area contributed by atoms with Gasteiger partial charge in [0, 0.05) is 5.69 Å². The highest BCUT2D eigenvalue weighted by Crippen LogP contribution is 2.24. The first-order chi connectivity index (χ1) is 14.5. The third-order valence-corrected chi connectivity index (χ3v) is 4.62. The molecule has 0 aliphatic carbocycles. The molecule has 156 valence electrons. The molecule has 0 saturated heterocycles. The number of anilines is 2. The fraction of sp³-hybridized carbons (Fsp3) is 0.240. The van der Waals surface area contributed by atoms with Crippen molar-refractivity contribution in [3.8, 4) is 11.5 Å². The summed E-state index contributed by atoms with van der Waals surface area (Å²) >= 11 is 0. The fourth-order valence-corrected chi connectivity index (χ4v) is 3.35. The highest BCUT2D eigenvalue weighted by molar-refractivity contribution is 5.95. The molecule has 5 nitrogen and oxygen atoms in total. The van der Waals surface area contributed by atoms with Gasteiger partial charge in [0.2, 0.25) is 5.91 Å². The van der Waals surface area contributed by atoms with Crippen molar-refractivity contribution in [3.05, 3.63) is 83.4 Å². The molecule has 30 heavy (non-hydrogen) atoms. The Balaban J connectivity index is 1.52. The van der Waals surface area contributed by atoms with Gasteiger partial charge >= 0.3 is 0 Å². The quantitative estimate of drug-likeness (QED) is 0.486. The van der Waals surface area contributed by atoms with Crippen LogP contribution in [0.15, 0.2) is 66.7 Å². The van der Waals surface area contributed by atoms with Crippen LogP contribution in [0.5, 0.6) is 11.5 Å². The molecule has 0 aliphatic heterocycles. The lowest BCUT2D eigenvalue weighted by atomic mass is 10.1. The average molecular weight is 405 g/mol. The lowest BCUT2D eigenvalue weighted by Gasteiger charge is -2.15. The Hall–Kier alpha value is -3.47. The van der Waals surface area contributed by atoms with Crippen molar-refractivity contribution < 1.29 is 14.3 Å². The summed E-state index contributed by atoms with van der Waals surface area (Å²) in [4.78, 5) is 12.5. The number of rotatable bonds is 9. The summed E-state index contributed by atoms with van der Waals surface area (Å²) in [5.41, 5.74) is 5.10. The van der Waals surface area contributed by atoms with Gasteiger partial charge in [0.1, 0.15) is 24.7 Å². The summed E-state index contributed by atoms with van der Waals surface area (Å²) in [6.45, 7) is 7.12. The van der Waals surface area contributed by atoms with Gasteiger partial charge in [-0.15, -0.1) is 0 Å². The SMILES string of the molecule is Cc1cc(C)c(NCC(=O)Nc2ccccc2OCCOc2ccccc2)c(C)c1. The predicted octanol–water partition coefficient (Wildman–Crippen LogP) is 5.12. The van der Waals surface area contributed by atoms with E-state index in [2.05, 4.69) is 29.7 Å². The minimum atomic E-state index is -0.133. The molecule has 3 aromatic rings. The Morgan fingerprint density at radius 2 is 1.47 bits per heavy atom. The van der Waals surface area contributed by atoms with Crippen LogP contribution in [0, 0.1) is 20.8 Å². The van der Waals surface area contributed by atoms with E-state index in [-0.39, 0.29) is 12.5 Å². The van der Waals surface area contributed by atoms with Crippen LogP contribution < -0.4 is 20.1 Å². The molecule has 0 radical (unpaired) electrons. The van der Waals surface area contributed by atoms with E-state index < -0.39 is 0 Å². The molecule has 1 amide bonds. The van der Waals surface area contributed by atoms with Crippen molar-refractivity contribution in [2.45, 2.75) is 20.8 Å². The Bertz CT molecular complexity index is 964. The van der Waals surface area contributed by atoms with Crippen LogP contribution in [-0.2, 0) is 4.79 Å². The first-order valence-electron chi connectivity index (χ1n) is 10.0. The first-order valence-corrected chi connectivity index (χ1v) is 10.0. The van der Waals surface area contributed by atoms with Crippen molar-refractivity contribution in [2.24, 2.45) is 0 Å². The number of carbonyl (C=O) groups is 1. The zero-order valence-corrected chi connectivity index (χ0v) is 17.7. The number of ether oxygens (including phenoxy) is 2. The van der Waals surface area contributed by atoms with Gasteiger partial charge in [-0.05, 0) is 56.2 Å². The normalized spacial score (nSPS) is 10.4. The van der Waals surface area contributed by atoms with E-state index in [9.17, 15) is 4.79 Å². The van der Waals surface area contributed by atoms with Crippen LogP contribution in [0.1, 0.15) is 16.7 Å². The lowest BCUT2D eigenvalue weighted by Crippen LogP contribution is -2.23. The van der Waals surface area contributed by atoms with E-state index >= 15 is 0 Å². The lowest BCUT2D eigenvalue weighted by molar-refractivity contribution is -0.114. The maximum absolute atomic E-state index is 12.5. The Morgan fingerprint density at radius 3 is 2.20 bits per heavy atom. The third kappa shape index (κ3) is 6.01. The summed E-state index contributed by atoms with van der Waals surface area (Å²) in [6.07, 6.45) is 0. The molecule has 0 atom stereocenters. The van der Waals surface area contributed by atoms with Gasteiger partial charge in [-0.3, -0.25) is 4.79 Å². The van der Waals surface area contributed by atoms with Gasteiger partial charge in [-0.25, -0.2) is 0 Å². The molecule has 0 aliphatic rings. The minimum absolute atomic E-state index is 0.133. The smallest absolute Gasteiger partial charge is 0.243 e.